The lowest BCUT2D eigenvalue weighted by Crippen LogP contribution is -2.60. The molecule has 4 rings (SSSR count). The summed E-state index contributed by atoms with van der Waals surface area (Å²) in [4.78, 5) is 18.1. The molecule has 0 saturated carbocycles. The second kappa shape index (κ2) is 5.81. The number of hydrogen-bond donors (Lipinski definition) is 0. The first kappa shape index (κ1) is 15.5. The number of carbonyl (C=O) groups excluding carboxylic acids is 1. The SMILES string of the molecule is Cc1ccoc1C(=O)N1CC2(CC(Oc3ncccc3F)CS2)C1. The van der Waals surface area contributed by atoms with E-state index in [9.17, 15) is 9.18 Å². The average Bonchev–Trinajstić information content (AvgIpc) is 3.14. The molecular weight excluding hydrogens is 331 g/mol. The van der Waals surface area contributed by atoms with Gasteiger partial charge in [-0.05, 0) is 25.1 Å². The summed E-state index contributed by atoms with van der Waals surface area (Å²) in [5, 5.41) is 0. The van der Waals surface area contributed by atoms with E-state index >= 15 is 0 Å². The Morgan fingerprint density at radius 3 is 3.04 bits per heavy atom. The third kappa shape index (κ3) is 2.66. The Hall–Kier alpha value is -2.02. The number of nitrogens with zero attached hydrogens (tertiary/aromatic N) is 2. The Labute approximate surface area is 143 Å². The largest absolute Gasteiger partial charge is 0.471 e. The van der Waals surface area contributed by atoms with E-state index in [4.69, 9.17) is 9.15 Å². The number of furan rings is 1. The molecule has 24 heavy (non-hydrogen) atoms. The van der Waals surface area contributed by atoms with Crippen molar-refractivity contribution >= 4 is 17.7 Å². The van der Waals surface area contributed by atoms with Gasteiger partial charge in [-0.2, -0.15) is 0 Å². The molecule has 2 aromatic rings. The van der Waals surface area contributed by atoms with E-state index in [0.717, 1.165) is 17.7 Å². The standard InChI is InChI=1S/C17H17FN2O3S/c1-11-4-6-22-14(11)16(21)20-9-17(10-20)7-12(8-24-17)23-15-13(18)3-2-5-19-15/h2-6,12H,7-10H2,1H3. The van der Waals surface area contributed by atoms with E-state index < -0.39 is 5.82 Å². The average molecular weight is 348 g/mol. The number of pyridine rings is 1. The Bertz CT molecular complexity index is 773. The van der Waals surface area contributed by atoms with Crippen molar-refractivity contribution in [2.75, 3.05) is 18.8 Å². The molecule has 7 heteroatoms. The van der Waals surface area contributed by atoms with Gasteiger partial charge < -0.3 is 14.1 Å². The van der Waals surface area contributed by atoms with E-state index in [1.807, 2.05) is 6.92 Å². The highest BCUT2D eigenvalue weighted by Gasteiger charge is 2.52. The second-order valence-corrected chi connectivity index (χ2v) is 7.81. The molecule has 126 valence electrons. The summed E-state index contributed by atoms with van der Waals surface area (Å²) in [6, 6.07) is 4.67. The normalized spacial score (nSPS) is 21.8. The van der Waals surface area contributed by atoms with Crippen molar-refractivity contribution in [1.29, 1.82) is 0 Å². The van der Waals surface area contributed by atoms with Crippen molar-refractivity contribution in [2.24, 2.45) is 0 Å². The molecule has 2 saturated heterocycles. The minimum atomic E-state index is -0.442. The predicted octanol–water partition coefficient (Wildman–Crippen LogP) is 2.90. The molecule has 1 atom stereocenters. The number of likely N-dealkylation sites (tertiary alicyclic amines) is 1. The monoisotopic (exact) mass is 348 g/mol. The number of amides is 1. The van der Waals surface area contributed by atoms with Gasteiger partial charge in [0.2, 0.25) is 0 Å². The van der Waals surface area contributed by atoms with Crippen LogP contribution >= 0.6 is 11.8 Å². The third-order valence-corrected chi connectivity index (χ3v) is 6.06. The van der Waals surface area contributed by atoms with Crippen LogP contribution in [0, 0.1) is 12.7 Å². The van der Waals surface area contributed by atoms with Crippen LogP contribution in [0.25, 0.3) is 0 Å². The fourth-order valence-corrected chi connectivity index (χ4v) is 4.77. The molecule has 0 radical (unpaired) electrons. The molecule has 2 aromatic heterocycles. The summed E-state index contributed by atoms with van der Waals surface area (Å²) in [5.74, 6) is 0.735. The maximum absolute atomic E-state index is 13.6. The first-order valence-electron chi connectivity index (χ1n) is 7.81. The zero-order valence-corrected chi connectivity index (χ0v) is 14.0. The number of carbonyl (C=O) groups is 1. The number of aromatic nitrogens is 1. The van der Waals surface area contributed by atoms with Crippen LogP contribution in [0.2, 0.25) is 0 Å². The zero-order valence-electron chi connectivity index (χ0n) is 13.2. The van der Waals surface area contributed by atoms with Gasteiger partial charge >= 0.3 is 0 Å². The van der Waals surface area contributed by atoms with Crippen molar-refractivity contribution in [3.8, 4) is 5.88 Å². The number of ether oxygens (including phenoxy) is 1. The molecule has 0 bridgehead atoms. The van der Waals surface area contributed by atoms with Crippen molar-refractivity contribution in [1.82, 2.24) is 9.88 Å². The van der Waals surface area contributed by atoms with E-state index in [0.29, 0.717) is 18.8 Å². The van der Waals surface area contributed by atoms with Crippen LogP contribution in [0.1, 0.15) is 22.5 Å². The van der Waals surface area contributed by atoms with Crippen molar-refractivity contribution in [3.05, 3.63) is 47.8 Å². The van der Waals surface area contributed by atoms with Gasteiger partial charge in [0.25, 0.3) is 11.8 Å². The van der Waals surface area contributed by atoms with Crippen LogP contribution < -0.4 is 4.74 Å². The number of thioether (sulfide) groups is 1. The van der Waals surface area contributed by atoms with Crippen LogP contribution in [0.3, 0.4) is 0 Å². The van der Waals surface area contributed by atoms with Crippen LogP contribution in [-0.4, -0.2) is 45.5 Å². The van der Waals surface area contributed by atoms with Gasteiger partial charge in [0.1, 0.15) is 6.10 Å². The predicted molar refractivity (Wildman–Crippen MR) is 87.8 cm³/mol. The Morgan fingerprint density at radius 2 is 2.33 bits per heavy atom. The zero-order chi connectivity index (χ0) is 16.7. The van der Waals surface area contributed by atoms with Gasteiger partial charge in [-0.3, -0.25) is 4.79 Å². The molecule has 2 aliphatic heterocycles. The first-order valence-corrected chi connectivity index (χ1v) is 8.79. The van der Waals surface area contributed by atoms with E-state index in [1.165, 1.54) is 18.5 Å². The molecule has 2 fully saturated rings. The van der Waals surface area contributed by atoms with Crippen LogP contribution in [0.4, 0.5) is 4.39 Å². The van der Waals surface area contributed by atoms with Gasteiger partial charge in [0, 0.05) is 37.0 Å². The molecule has 0 aromatic carbocycles. The summed E-state index contributed by atoms with van der Waals surface area (Å²) < 4.78 is 24.6. The van der Waals surface area contributed by atoms with E-state index in [1.54, 1.807) is 28.8 Å². The highest BCUT2D eigenvalue weighted by Crippen LogP contribution is 2.46. The quantitative estimate of drug-likeness (QED) is 0.854. The summed E-state index contributed by atoms with van der Waals surface area (Å²) >= 11 is 1.79. The minimum absolute atomic E-state index is 0.00603. The minimum Gasteiger partial charge on any atom is -0.471 e. The Morgan fingerprint density at radius 1 is 1.50 bits per heavy atom. The molecular formula is C17H17FN2O3S. The smallest absolute Gasteiger partial charge is 0.289 e. The number of hydrogen-bond acceptors (Lipinski definition) is 5. The molecule has 5 nitrogen and oxygen atoms in total. The fraction of sp³-hybridized carbons (Fsp3) is 0.412. The van der Waals surface area contributed by atoms with Gasteiger partial charge in [-0.1, -0.05) is 0 Å². The molecule has 4 heterocycles. The van der Waals surface area contributed by atoms with Gasteiger partial charge in [-0.25, -0.2) is 9.37 Å². The van der Waals surface area contributed by atoms with Crippen molar-refractivity contribution in [2.45, 2.75) is 24.2 Å². The van der Waals surface area contributed by atoms with E-state index in [-0.39, 0.29) is 22.6 Å². The highest BCUT2D eigenvalue weighted by molar-refractivity contribution is 8.01. The number of aryl methyl sites for hydroxylation is 1. The lowest BCUT2D eigenvalue weighted by molar-refractivity contribution is 0.0482. The molecule has 1 spiro atoms. The highest BCUT2D eigenvalue weighted by atomic mass is 32.2. The molecule has 1 unspecified atom stereocenters. The van der Waals surface area contributed by atoms with Crippen molar-refractivity contribution in [3.63, 3.8) is 0 Å². The fourth-order valence-electron chi connectivity index (χ4n) is 3.24. The van der Waals surface area contributed by atoms with Gasteiger partial charge in [0.15, 0.2) is 11.6 Å². The third-order valence-electron chi connectivity index (χ3n) is 4.48. The molecule has 0 N–H and O–H groups in total. The first-order chi connectivity index (χ1) is 11.6. The summed E-state index contributed by atoms with van der Waals surface area (Å²) in [5.41, 5.74) is 0.854. The lowest BCUT2D eigenvalue weighted by Gasteiger charge is -2.47. The maximum Gasteiger partial charge on any atom is 0.289 e. The summed E-state index contributed by atoms with van der Waals surface area (Å²) in [6.45, 7) is 3.20. The topological polar surface area (TPSA) is 55.6 Å². The van der Waals surface area contributed by atoms with Crippen LogP contribution in [0.15, 0.2) is 35.1 Å². The maximum atomic E-state index is 13.6. The summed E-state index contributed by atoms with van der Waals surface area (Å²) in [6.07, 6.45) is 3.76. The molecule has 1 amide bonds. The Kier molecular flexibility index (Phi) is 3.75. The second-order valence-electron chi connectivity index (χ2n) is 6.32. The van der Waals surface area contributed by atoms with Gasteiger partial charge in [0.05, 0.1) is 11.0 Å². The van der Waals surface area contributed by atoms with Gasteiger partial charge in [-0.15, -0.1) is 11.8 Å². The summed E-state index contributed by atoms with van der Waals surface area (Å²) in [7, 11) is 0. The van der Waals surface area contributed by atoms with E-state index in [2.05, 4.69) is 4.98 Å². The molecule has 0 aliphatic carbocycles. The van der Waals surface area contributed by atoms with Crippen LogP contribution in [0.5, 0.6) is 5.88 Å². The lowest BCUT2D eigenvalue weighted by atomic mass is 9.92. The number of rotatable bonds is 3. The van der Waals surface area contributed by atoms with Crippen LogP contribution in [-0.2, 0) is 0 Å². The Balaban J connectivity index is 1.36. The molecule has 2 aliphatic rings. The van der Waals surface area contributed by atoms with Crippen molar-refractivity contribution < 1.29 is 18.3 Å². The number of halogens is 1.